The number of aromatic nitrogens is 3. The van der Waals surface area contributed by atoms with Crippen LogP contribution >= 0.6 is 23.2 Å². The average Bonchev–Trinajstić information content (AvgIpc) is 2.66. The van der Waals surface area contributed by atoms with E-state index in [0.717, 1.165) is 16.5 Å². The van der Waals surface area contributed by atoms with E-state index in [2.05, 4.69) is 14.7 Å². The molecular formula is C18H15Cl2N3O4. The van der Waals surface area contributed by atoms with Crippen molar-refractivity contribution in [2.45, 2.75) is 6.42 Å². The standard InChI is InChI=1S/C18H15Cl2N3O4/c1-23-14-4-3-10(6-13-12(19)8-21-18(20)22-13)5-11(14)7-15(17(23)25)27-9-16(24)26-2/h3-5,7-8H,6,9H2,1-2H3. The topological polar surface area (TPSA) is 83.3 Å². The Bertz CT molecular complexity index is 1080. The number of pyridine rings is 1. The molecule has 0 aliphatic carbocycles. The van der Waals surface area contributed by atoms with Crippen molar-refractivity contribution in [3.63, 3.8) is 0 Å². The second-order valence-corrected chi connectivity index (χ2v) is 6.49. The first-order chi connectivity index (χ1) is 12.9. The van der Waals surface area contributed by atoms with Crippen LogP contribution in [0.3, 0.4) is 0 Å². The van der Waals surface area contributed by atoms with Gasteiger partial charge in [-0.05, 0) is 35.4 Å². The second kappa shape index (κ2) is 7.94. The van der Waals surface area contributed by atoms with E-state index in [0.29, 0.717) is 17.1 Å². The van der Waals surface area contributed by atoms with Crippen LogP contribution in [-0.2, 0) is 23.0 Å². The van der Waals surface area contributed by atoms with Gasteiger partial charge in [0.15, 0.2) is 12.4 Å². The molecule has 0 fully saturated rings. The predicted octanol–water partition coefficient (Wildman–Crippen LogP) is 2.78. The Morgan fingerprint density at radius 1 is 1.26 bits per heavy atom. The molecule has 0 spiro atoms. The molecule has 2 aromatic heterocycles. The minimum atomic E-state index is -0.568. The molecule has 27 heavy (non-hydrogen) atoms. The lowest BCUT2D eigenvalue weighted by atomic mass is 10.1. The SMILES string of the molecule is COC(=O)COc1cc2cc(Cc3nc(Cl)ncc3Cl)ccc2n(C)c1=O. The van der Waals surface area contributed by atoms with E-state index in [4.69, 9.17) is 27.9 Å². The fraction of sp³-hybridized carbons (Fsp3) is 0.222. The molecule has 1 aromatic carbocycles. The summed E-state index contributed by atoms with van der Waals surface area (Å²) in [7, 11) is 2.89. The maximum absolute atomic E-state index is 12.4. The number of nitrogens with zero attached hydrogens (tertiary/aromatic N) is 3. The molecule has 0 saturated carbocycles. The van der Waals surface area contributed by atoms with Crippen molar-refractivity contribution in [2.75, 3.05) is 13.7 Å². The first-order valence-electron chi connectivity index (χ1n) is 7.88. The van der Waals surface area contributed by atoms with E-state index in [1.807, 2.05) is 18.2 Å². The van der Waals surface area contributed by atoms with Crippen LogP contribution in [0, 0.1) is 0 Å². The fourth-order valence-electron chi connectivity index (χ4n) is 2.61. The third kappa shape index (κ3) is 4.20. The molecule has 0 bridgehead atoms. The summed E-state index contributed by atoms with van der Waals surface area (Å²) in [6, 6.07) is 7.20. The number of hydrogen-bond acceptors (Lipinski definition) is 6. The summed E-state index contributed by atoms with van der Waals surface area (Å²) in [6.45, 7) is -0.341. The van der Waals surface area contributed by atoms with Gasteiger partial charge in [0, 0.05) is 18.9 Å². The van der Waals surface area contributed by atoms with Crippen molar-refractivity contribution >= 4 is 40.1 Å². The van der Waals surface area contributed by atoms with Gasteiger partial charge >= 0.3 is 5.97 Å². The van der Waals surface area contributed by atoms with Gasteiger partial charge in [-0.3, -0.25) is 4.79 Å². The van der Waals surface area contributed by atoms with Crippen molar-refractivity contribution in [1.29, 1.82) is 0 Å². The van der Waals surface area contributed by atoms with Crippen LogP contribution in [-0.4, -0.2) is 34.2 Å². The number of carbonyl (C=O) groups is 1. The van der Waals surface area contributed by atoms with Crippen molar-refractivity contribution in [2.24, 2.45) is 7.05 Å². The molecule has 0 aliphatic rings. The zero-order valence-electron chi connectivity index (χ0n) is 14.5. The molecule has 140 valence electrons. The van der Waals surface area contributed by atoms with Gasteiger partial charge in [0.2, 0.25) is 5.28 Å². The van der Waals surface area contributed by atoms with Gasteiger partial charge < -0.3 is 14.0 Å². The van der Waals surface area contributed by atoms with E-state index < -0.39 is 5.97 Å². The molecule has 9 heteroatoms. The summed E-state index contributed by atoms with van der Waals surface area (Å²) in [5.74, 6) is -0.503. The molecule has 0 amide bonds. The molecule has 7 nitrogen and oxygen atoms in total. The van der Waals surface area contributed by atoms with Crippen molar-refractivity contribution in [3.05, 3.63) is 62.4 Å². The van der Waals surface area contributed by atoms with Crippen molar-refractivity contribution in [3.8, 4) is 5.75 Å². The molecule has 0 radical (unpaired) electrons. The monoisotopic (exact) mass is 407 g/mol. The third-order valence-electron chi connectivity index (χ3n) is 3.99. The largest absolute Gasteiger partial charge is 0.476 e. The van der Waals surface area contributed by atoms with Crippen LogP contribution in [0.2, 0.25) is 10.3 Å². The van der Waals surface area contributed by atoms with Gasteiger partial charge in [0.25, 0.3) is 5.56 Å². The average molecular weight is 408 g/mol. The summed E-state index contributed by atoms with van der Waals surface area (Å²) in [5.41, 5.74) is 1.89. The molecule has 3 aromatic rings. The van der Waals surface area contributed by atoms with Crippen LogP contribution in [0.4, 0.5) is 0 Å². The smallest absolute Gasteiger partial charge is 0.343 e. The Labute approximate surface area is 164 Å². The number of ether oxygens (including phenoxy) is 2. The number of methoxy groups -OCH3 is 1. The first kappa shape index (κ1) is 19.1. The Hall–Kier alpha value is -2.64. The van der Waals surface area contributed by atoms with Gasteiger partial charge in [-0.25, -0.2) is 14.8 Å². The second-order valence-electron chi connectivity index (χ2n) is 5.74. The lowest BCUT2D eigenvalue weighted by Crippen LogP contribution is -2.22. The summed E-state index contributed by atoms with van der Waals surface area (Å²) in [5, 5.41) is 1.31. The van der Waals surface area contributed by atoms with Gasteiger partial charge in [0.1, 0.15) is 0 Å². The fourth-order valence-corrected chi connectivity index (χ4v) is 2.92. The molecular weight excluding hydrogens is 393 g/mol. The third-order valence-corrected chi connectivity index (χ3v) is 4.49. The van der Waals surface area contributed by atoms with E-state index in [9.17, 15) is 9.59 Å². The maximum Gasteiger partial charge on any atom is 0.343 e. The summed E-state index contributed by atoms with van der Waals surface area (Å²) < 4.78 is 11.3. The number of fused-ring (bicyclic) bond motifs is 1. The van der Waals surface area contributed by atoms with Gasteiger partial charge in [0.05, 0.1) is 29.5 Å². The van der Waals surface area contributed by atoms with Gasteiger partial charge in [-0.2, -0.15) is 0 Å². The maximum atomic E-state index is 12.4. The van der Waals surface area contributed by atoms with Gasteiger partial charge in [-0.15, -0.1) is 0 Å². The molecule has 0 saturated heterocycles. The van der Waals surface area contributed by atoms with Crippen molar-refractivity contribution in [1.82, 2.24) is 14.5 Å². The molecule has 0 unspecified atom stereocenters. The molecule has 0 aliphatic heterocycles. The van der Waals surface area contributed by atoms with Crippen LogP contribution in [0.1, 0.15) is 11.3 Å². The summed E-state index contributed by atoms with van der Waals surface area (Å²) in [4.78, 5) is 31.6. The lowest BCUT2D eigenvalue weighted by molar-refractivity contribution is -0.142. The number of halogens is 2. The highest BCUT2D eigenvalue weighted by molar-refractivity contribution is 6.32. The first-order valence-corrected chi connectivity index (χ1v) is 8.64. The molecule has 0 N–H and O–H groups in total. The number of benzene rings is 1. The normalized spacial score (nSPS) is 10.8. The highest BCUT2D eigenvalue weighted by Gasteiger charge is 2.12. The zero-order valence-corrected chi connectivity index (χ0v) is 16.0. The Morgan fingerprint density at radius 3 is 2.78 bits per heavy atom. The van der Waals surface area contributed by atoms with E-state index in [1.54, 1.807) is 13.1 Å². The Kier molecular flexibility index (Phi) is 5.62. The Balaban J connectivity index is 1.98. The van der Waals surface area contributed by atoms with E-state index in [1.165, 1.54) is 17.9 Å². The van der Waals surface area contributed by atoms with Crippen LogP contribution < -0.4 is 10.3 Å². The number of hydrogen-bond donors (Lipinski definition) is 0. The number of esters is 1. The highest BCUT2D eigenvalue weighted by Crippen LogP contribution is 2.22. The zero-order chi connectivity index (χ0) is 19.6. The van der Waals surface area contributed by atoms with Crippen LogP contribution in [0.5, 0.6) is 5.75 Å². The molecule has 2 heterocycles. The van der Waals surface area contributed by atoms with E-state index >= 15 is 0 Å². The summed E-state index contributed by atoms with van der Waals surface area (Å²) >= 11 is 12.0. The quantitative estimate of drug-likeness (QED) is 0.477. The summed E-state index contributed by atoms with van der Waals surface area (Å²) in [6.07, 6.45) is 1.90. The van der Waals surface area contributed by atoms with E-state index in [-0.39, 0.29) is 23.2 Å². The predicted molar refractivity (Wildman–Crippen MR) is 102 cm³/mol. The molecule has 0 atom stereocenters. The number of aryl methyl sites for hydroxylation is 1. The lowest BCUT2D eigenvalue weighted by Gasteiger charge is -2.11. The highest BCUT2D eigenvalue weighted by atomic mass is 35.5. The minimum absolute atomic E-state index is 0.0654. The molecule has 3 rings (SSSR count). The number of carbonyl (C=O) groups excluding carboxylic acids is 1. The van der Waals surface area contributed by atoms with Crippen LogP contribution in [0.15, 0.2) is 35.3 Å². The minimum Gasteiger partial charge on any atom is -0.476 e. The van der Waals surface area contributed by atoms with Crippen LogP contribution in [0.25, 0.3) is 10.9 Å². The Morgan fingerprint density at radius 2 is 2.04 bits per heavy atom. The van der Waals surface area contributed by atoms with Crippen molar-refractivity contribution < 1.29 is 14.3 Å². The number of rotatable bonds is 5. The van der Waals surface area contributed by atoms with Gasteiger partial charge in [-0.1, -0.05) is 17.7 Å².